The van der Waals surface area contributed by atoms with Crippen molar-refractivity contribution in [3.63, 3.8) is 0 Å². The van der Waals surface area contributed by atoms with Gasteiger partial charge in [-0.3, -0.25) is 0 Å². The predicted molar refractivity (Wildman–Crippen MR) is 116 cm³/mol. The minimum atomic E-state index is 0.0339. The Bertz CT molecular complexity index is 922. The molecule has 2 amide bonds. The fourth-order valence-electron chi connectivity index (χ4n) is 3.55. The highest BCUT2D eigenvalue weighted by Crippen LogP contribution is 2.33. The lowest BCUT2D eigenvalue weighted by Gasteiger charge is -2.34. The normalized spacial score (nSPS) is 14.5. The zero-order valence-corrected chi connectivity index (χ0v) is 17.3. The van der Waals surface area contributed by atoms with Crippen LogP contribution in [-0.4, -0.2) is 48.6 Å². The average Bonchev–Trinajstić information content (AvgIpc) is 3.19. The van der Waals surface area contributed by atoms with Crippen LogP contribution in [0, 0.1) is 13.8 Å². The monoisotopic (exact) mass is 394 g/mol. The molecule has 0 aliphatic carbocycles. The Morgan fingerprint density at radius 3 is 2.46 bits per heavy atom. The van der Waals surface area contributed by atoms with Crippen molar-refractivity contribution in [1.82, 2.24) is 15.2 Å². The van der Waals surface area contributed by atoms with Gasteiger partial charge in [0.25, 0.3) is 0 Å². The molecule has 0 radical (unpaired) electrons. The number of aromatic nitrogens is 1. The number of hydrogen-bond acceptors (Lipinski definition) is 4. The summed E-state index contributed by atoms with van der Waals surface area (Å²) in [5, 5.41) is 4.11. The van der Waals surface area contributed by atoms with Crippen LogP contribution in [0.5, 0.6) is 0 Å². The molecule has 0 bridgehead atoms. The molecule has 1 aromatic heterocycles. The number of rotatable bonds is 4. The number of thiazole rings is 1. The third-order valence-electron chi connectivity index (χ3n) is 5.30. The summed E-state index contributed by atoms with van der Waals surface area (Å²) in [7, 11) is 0. The Morgan fingerprint density at radius 1 is 1.04 bits per heavy atom. The molecule has 5 nitrogen and oxygen atoms in total. The number of urea groups is 1. The van der Waals surface area contributed by atoms with Gasteiger partial charge < -0.3 is 15.1 Å². The van der Waals surface area contributed by atoms with Crippen molar-refractivity contribution < 1.29 is 4.79 Å². The Morgan fingerprint density at radius 2 is 1.75 bits per heavy atom. The van der Waals surface area contributed by atoms with E-state index in [-0.39, 0.29) is 6.03 Å². The number of piperazine rings is 1. The first-order valence-corrected chi connectivity index (χ1v) is 10.6. The molecule has 2 heterocycles. The van der Waals surface area contributed by atoms with E-state index >= 15 is 0 Å². The molecule has 1 saturated heterocycles. The summed E-state index contributed by atoms with van der Waals surface area (Å²) in [4.78, 5) is 21.5. The van der Waals surface area contributed by atoms with Crippen molar-refractivity contribution in [1.29, 1.82) is 0 Å². The van der Waals surface area contributed by atoms with Crippen LogP contribution in [0.4, 0.5) is 9.93 Å². The van der Waals surface area contributed by atoms with Crippen molar-refractivity contribution >= 4 is 32.7 Å². The van der Waals surface area contributed by atoms with E-state index in [1.54, 1.807) is 11.3 Å². The van der Waals surface area contributed by atoms with Crippen LogP contribution in [0.15, 0.2) is 42.5 Å². The summed E-state index contributed by atoms with van der Waals surface area (Å²) in [5.41, 5.74) is 4.86. The second-order valence-corrected chi connectivity index (χ2v) is 8.29. The smallest absolute Gasteiger partial charge is 0.317 e. The second kappa shape index (κ2) is 8.19. The Hall–Kier alpha value is -2.60. The third kappa shape index (κ3) is 3.97. The summed E-state index contributed by atoms with van der Waals surface area (Å²) in [6, 6.07) is 14.6. The molecule has 4 rings (SSSR count). The van der Waals surface area contributed by atoms with Gasteiger partial charge in [0.05, 0.1) is 10.2 Å². The number of nitrogens with zero attached hydrogens (tertiary/aromatic N) is 3. The number of nitrogens with one attached hydrogen (secondary N) is 1. The van der Waals surface area contributed by atoms with E-state index in [2.05, 4.69) is 48.3 Å². The largest absolute Gasteiger partial charge is 0.345 e. The molecule has 1 N–H and O–H groups in total. The Labute approximate surface area is 170 Å². The number of aryl methyl sites for hydroxylation is 2. The molecule has 6 heteroatoms. The van der Waals surface area contributed by atoms with Gasteiger partial charge in [-0.2, -0.15) is 0 Å². The van der Waals surface area contributed by atoms with Gasteiger partial charge in [-0.1, -0.05) is 53.8 Å². The summed E-state index contributed by atoms with van der Waals surface area (Å²) < 4.78 is 1.27. The number of hydrogen-bond donors (Lipinski definition) is 1. The summed E-state index contributed by atoms with van der Waals surface area (Å²) >= 11 is 1.76. The lowest BCUT2D eigenvalue weighted by atomic mass is 10.1. The molecule has 1 fully saturated rings. The average molecular weight is 395 g/mol. The van der Waals surface area contributed by atoms with Crippen molar-refractivity contribution in [2.75, 3.05) is 37.6 Å². The van der Waals surface area contributed by atoms with Crippen molar-refractivity contribution in [3.05, 3.63) is 59.2 Å². The van der Waals surface area contributed by atoms with Gasteiger partial charge in [0.2, 0.25) is 0 Å². The van der Waals surface area contributed by atoms with Crippen LogP contribution >= 0.6 is 11.3 Å². The van der Waals surface area contributed by atoms with Crippen LogP contribution in [0.25, 0.3) is 10.2 Å². The molecular formula is C22H26N4OS. The van der Waals surface area contributed by atoms with Crippen LogP contribution in [0.2, 0.25) is 0 Å². The molecule has 0 saturated carbocycles. The van der Waals surface area contributed by atoms with Gasteiger partial charge >= 0.3 is 6.03 Å². The first-order chi connectivity index (χ1) is 13.6. The number of benzene rings is 2. The molecule has 0 spiro atoms. The lowest BCUT2D eigenvalue weighted by molar-refractivity contribution is 0.194. The Balaban J connectivity index is 1.31. The van der Waals surface area contributed by atoms with E-state index in [1.807, 2.05) is 23.1 Å². The molecular weight excluding hydrogens is 368 g/mol. The number of carbonyl (C=O) groups is 1. The Kier molecular flexibility index (Phi) is 5.48. The maximum atomic E-state index is 12.4. The van der Waals surface area contributed by atoms with Gasteiger partial charge in [-0.05, 0) is 37.0 Å². The second-order valence-electron chi connectivity index (χ2n) is 7.32. The maximum Gasteiger partial charge on any atom is 0.317 e. The first kappa shape index (κ1) is 18.7. The van der Waals surface area contributed by atoms with Gasteiger partial charge in [-0.15, -0.1) is 0 Å². The first-order valence-electron chi connectivity index (χ1n) is 9.80. The van der Waals surface area contributed by atoms with Gasteiger partial charge in [0.15, 0.2) is 5.13 Å². The third-order valence-corrected chi connectivity index (χ3v) is 6.55. The van der Waals surface area contributed by atoms with E-state index in [0.717, 1.165) is 43.2 Å². The fraction of sp³-hybridized carbons (Fsp3) is 0.364. The predicted octanol–water partition coefficient (Wildman–Crippen LogP) is 3.99. The highest BCUT2D eigenvalue weighted by Gasteiger charge is 2.23. The summed E-state index contributed by atoms with van der Waals surface area (Å²) in [5.74, 6) is 0. The van der Waals surface area contributed by atoms with Gasteiger partial charge in [-0.25, -0.2) is 9.78 Å². The van der Waals surface area contributed by atoms with E-state index < -0.39 is 0 Å². The molecule has 1 aliphatic heterocycles. The molecule has 28 heavy (non-hydrogen) atoms. The van der Waals surface area contributed by atoms with Gasteiger partial charge in [0.1, 0.15) is 0 Å². The highest BCUT2D eigenvalue weighted by molar-refractivity contribution is 7.22. The topological polar surface area (TPSA) is 48.5 Å². The van der Waals surface area contributed by atoms with Gasteiger partial charge in [0, 0.05) is 32.7 Å². The number of amides is 2. The van der Waals surface area contributed by atoms with E-state index in [9.17, 15) is 4.79 Å². The van der Waals surface area contributed by atoms with Crippen LogP contribution in [0.1, 0.15) is 16.7 Å². The lowest BCUT2D eigenvalue weighted by Crippen LogP contribution is -2.52. The molecule has 1 aliphatic rings. The van der Waals surface area contributed by atoms with Crippen LogP contribution < -0.4 is 10.2 Å². The zero-order chi connectivity index (χ0) is 19.5. The molecule has 2 aromatic carbocycles. The van der Waals surface area contributed by atoms with Crippen molar-refractivity contribution in [3.8, 4) is 0 Å². The highest BCUT2D eigenvalue weighted by atomic mass is 32.1. The maximum absolute atomic E-state index is 12.4. The minimum absolute atomic E-state index is 0.0339. The standard InChI is InChI=1S/C22H26N4OS/c1-16-8-9-17(2)20-19(16)24-22(28-20)26-14-12-25(13-15-26)21(27)23-11-10-18-6-4-3-5-7-18/h3-9H,10-15H2,1-2H3,(H,23,27). The molecule has 3 aromatic rings. The zero-order valence-electron chi connectivity index (χ0n) is 16.4. The van der Waals surface area contributed by atoms with Crippen molar-refractivity contribution in [2.45, 2.75) is 20.3 Å². The number of anilines is 1. The van der Waals surface area contributed by atoms with E-state index in [1.165, 1.54) is 21.4 Å². The minimum Gasteiger partial charge on any atom is -0.345 e. The van der Waals surface area contributed by atoms with E-state index in [4.69, 9.17) is 4.98 Å². The van der Waals surface area contributed by atoms with Crippen LogP contribution in [-0.2, 0) is 6.42 Å². The fourth-order valence-corrected chi connectivity index (χ4v) is 4.72. The SMILES string of the molecule is Cc1ccc(C)c2sc(N3CCN(C(=O)NCCc4ccccc4)CC3)nc12. The molecule has 0 unspecified atom stereocenters. The van der Waals surface area contributed by atoms with Crippen LogP contribution in [0.3, 0.4) is 0 Å². The number of carbonyl (C=O) groups excluding carboxylic acids is 1. The summed E-state index contributed by atoms with van der Waals surface area (Å²) in [6.45, 7) is 8.02. The quantitative estimate of drug-likeness (QED) is 0.728. The summed E-state index contributed by atoms with van der Waals surface area (Å²) in [6.07, 6.45) is 0.858. The number of fused-ring (bicyclic) bond motifs is 1. The van der Waals surface area contributed by atoms with Crippen molar-refractivity contribution in [2.24, 2.45) is 0 Å². The van der Waals surface area contributed by atoms with E-state index in [0.29, 0.717) is 6.54 Å². The molecule has 0 atom stereocenters. The molecule has 146 valence electrons.